The Labute approximate surface area is 98.8 Å². The molecule has 1 aromatic rings. The van der Waals surface area contributed by atoms with E-state index in [1.54, 1.807) is 6.07 Å². The Hall–Kier alpha value is -0.910. The van der Waals surface area contributed by atoms with Gasteiger partial charge in [-0.05, 0) is 24.8 Å². The molecule has 0 radical (unpaired) electrons. The van der Waals surface area contributed by atoms with Crippen LogP contribution < -0.4 is 11.1 Å². The van der Waals surface area contributed by atoms with Crippen molar-refractivity contribution in [1.29, 1.82) is 0 Å². The number of rotatable bonds is 4. The van der Waals surface area contributed by atoms with Crippen LogP contribution in [-0.4, -0.2) is 30.7 Å². The maximum Gasteiger partial charge on any atom is 0.252 e. The van der Waals surface area contributed by atoms with Crippen LogP contribution >= 0.6 is 11.3 Å². The van der Waals surface area contributed by atoms with Gasteiger partial charge in [-0.2, -0.15) is 11.3 Å². The van der Waals surface area contributed by atoms with Gasteiger partial charge in [-0.25, -0.2) is 0 Å². The van der Waals surface area contributed by atoms with Gasteiger partial charge >= 0.3 is 0 Å². The van der Waals surface area contributed by atoms with Crippen LogP contribution in [-0.2, 0) is 4.74 Å². The van der Waals surface area contributed by atoms with Crippen LogP contribution in [0.25, 0.3) is 0 Å². The first-order valence-corrected chi connectivity index (χ1v) is 6.37. The molecule has 3 N–H and O–H groups in total. The van der Waals surface area contributed by atoms with Crippen molar-refractivity contribution in [2.45, 2.75) is 31.5 Å². The highest BCUT2D eigenvalue weighted by Gasteiger charge is 2.40. The van der Waals surface area contributed by atoms with Crippen LogP contribution in [0.4, 0.5) is 0 Å². The summed E-state index contributed by atoms with van der Waals surface area (Å²) in [6.45, 7) is 2.60. The second-order valence-corrected chi connectivity index (χ2v) is 4.68. The Balaban J connectivity index is 1.91. The van der Waals surface area contributed by atoms with Crippen LogP contribution in [0, 0.1) is 0 Å². The first kappa shape index (κ1) is 11.6. The minimum atomic E-state index is -0.0638. The molecule has 1 amide bonds. The molecule has 0 aliphatic heterocycles. The van der Waals surface area contributed by atoms with E-state index in [2.05, 4.69) is 5.32 Å². The summed E-state index contributed by atoms with van der Waals surface area (Å²) in [4.78, 5) is 11.8. The van der Waals surface area contributed by atoms with Gasteiger partial charge in [0.05, 0.1) is 12.1 Å². The van der Waals surface area contributed by atoms with Crippen LogP contribution in [0.5, 0.6) is 0 Å². The van der Waals surface area contributed by atoms with Crippen molar-refractivity contribution in [3.8, 4) is 0 Å². The topological polar surface area (TPSA) is 64.3 Å². The zero-order valence-corrected chi connectivity index (χ0v) is 10.00. The van der Waals surface area contributed by atoms with Gasteiger partial charge in [0.25, 0.3) is 5.91 Å². The quantitative estimate of drug-likeness (QED) is 0.824. The highest BCUT2D eigenvalue weighted by molar-refractivity contribution is 7.08. The van der Waals surface area contributed by atoms with E-state index in [1.165, 1.54) is 11.3 Å². The third kappa shape index (κ3) is 2.26. The van der Waals surface area contributed by atoms with E-state index in [0.717, 1.165) is 6.42 Å². The van der Waals surface area contributed by atoms with E-state index in [9.17, 15) is 4.79 Å². The number of ether oxygens (including phenoxy) is 1. The van der Waals surface area contributed by atoms with E-state index >= 15 is 0 Å². The van der Waals surface area contributed by atoms with Gasteiger partial charge in [0.1, 0.15) is 0 Å². The fourth-order valence-electron chi connectivity index (χ4n) is 1.86. The fourth-order valence-corrected chi connectivity index (χ4v) is 2.49. The third-order valence-electron chi connectivity index (χ3n) is 2.83. The van der Waals surface area contributed by atoms with Gasteiger partial charge < -0.3 is 15.8 Å². The van der Waals surface area contributed by atoms with Crippen molar-refractivity contribution in [1.82, 2.24) is 5.32 Å². The molecule has 0 saturated heterocycles. The van der Waals surface area contributed by atoms with Crippen molar-refractivity contribution in [2.75, 3.05) is 6.61 Å². The normalized spacial score (nSPS) is 28.5. The number of hydrogen-bond donors (Lipinski definition) is 2. The smallest absolute Gasteiger partial charge is 0.252 e. The maximum atomic E-state index is 11.8. The summed E-state index contributed by atoms with van der Waals surface area (Å²) in [6.07, 6.45) is 0.894. The molecular formula is C11H16N2O2S. The van der Waals surface area contributed by atoms with Gasteiger partial charge in [0, 0.05) is 23.6 Å². The standard InChI is InChI=1S/C11H16N2O2S/c1-2-15-9-5-8(12)10(9)13-11(14)7-3-4-16-6-7/h3-4,6,8-10H,2,5,12H2,1H3,(H,13,14). The van der Waals surface area contributed by atoms with Crippen LogP contribution in [0.1, 0.15) is 23.7 Å². The summed E-state index contributed by atoms with van der Waals surface area (Å²) in [5, 5.41) is 6.63. The Morgan fingerprint density at radius 1 is 1.75 bits per heavy atom. The number of hydrogen-bond acceptors (Lipinski definition) is 4. The molecule has 5 heteroatoms. The van der Waals surface area contributed by atoms with E-state index in [0.29, 0.717) is 12.2 Å². The van der Waals surface area contributed by atoms with Crippen molar-refractivity contribution in [2.24, 2.45) is 5.73 Å². The molecule has 1 fully saturated rings. The van der Waals surface area contributed by atoms with Crippen molar-refractivity contribution in [3.05, 3.63) is 22.4 Å². The third-order valence-corrected chi connectivity index (χ3v) is 3.51. The minimum Gasteiger partial charge on any atom is -0.376 e. The van der Waals surface area contributed by atoms with Crippen LogP contribution in [0.15, 0.2) is 16.8 Å². The Morgan fingerprint density at radius 2 is 2.56 bits per heavy atom. The summed E-state index contributed by atoms with van der Waals surface area (Å²) in [5.41, 5.74) is 6.55. The largest absolute Gasteiger partial charge is 0.376 e. The summed E-state index contributed by atoms with van der Waals surface area (Å²) in [6, 6.07) is 1.77. The monoisotopic (exact) mass is 240 g/mol. The average Bonchev–Trinajstić information content (AvgIpc) is 2.79. The first-order chi connectivity index (χ1) is 7.72. The lowest BCUT2D eigenvalue weighted by atomic mass is 9.83. The molecule has 4 nitrogen and oxygen atoms in total. The van der Waals surface area contributed by atoms with E-state index < -0.39 is 0 Å². The summed E-state index contributed by atoms with van der Waals surface area (Å²) < 4.78 is 5.49. The Bertz CT molecular complexity index is 351. The SMILES string of the molecule is CCOC1CC(N)C1NC(=O)c1ccsc1. The lowest BCUT2D eigenvalue weighted by Crippen LogP contribution is -2.64. The van der Waals surface area contributed by atoms with Crippen LogP contribution in [0.3, 0.4) is 0 Å². The molecule has 1 saturated carbocycles. The van der Waals surface area contributed by atoms with Crippen molar-refractivity contribution < 1.29 is 9.53 Å². The minimum absolute atomic E-state index is 0.0131. The van der Waals surface area contributed by atoms with Gasteiger partial charge in [0.15, 0.2) is 0 Å². The first-order valence-electron chi connectivity index (χ1n) is 5.42. The Kier molecular flexibility index (Phi) is 3.58. The second-order valence-electron chi connectivity index (χ2n) is 3.90. The molecule has 0 aromatic carbocycles. The predicted octanol–water partition coefficient (Wildman–Crippen LogP) is 0.983. The molecule has 1 aromatic heterocycles. The Morgan fingerprint density at radius 3 is 3.12 bits per heavy atom. The molecular weight excluding hydrogens is 224 g/mol. The highest BCUT2D eigenvalue weighted by Crippen LogP contribution is 2.23. The molecule has 1 aliphatic rings. The molecule has 88 valence electrons. The molecule has 1 aliphatic carbocycles. The molecule has 3 atom stereocenters. The van der Waals surface area contributed by atoms with E-state index in [1.807, 2.05) is 17.7 Å². The molecule has 0 spiro atoms. The summed E-state index contributed by atoms with van der Waals surface area (Å²) >= 11 is 1.51. The maximum absolute atomic E-state index is 11.8. The summed E-state index contributed by atoms with van der Waals surface area (Å²) in [5.74, 6) is -0.0638. The molecule has 3 unspecified atom stereocenters. The zero-order chi connectivity index (χ0) is 11.5. The van der Waals surface area contributed by atoms with Crippen LogP contribution in [0.2, 0.25) is 0 Å². The zero-order valence-electron chi connectivity index (χ0n) is 9.18. The number of carbonyl (C=O) groups is 1. The second kappa shape index (κ2) is 4.95. The number of thiophene rings is 1. The number of amides is 1. The van der Waals surface area contributed by atoms with Crippen molar-refractivity contribution in [3.63, 3.8) is 0 Å². The van der Waals surface area contributed by atoms with E-state index in [4.69, 9.17) is 10.5 Å². The number of nitrogens with two attached hydrogens (primary N) is 1. The van der Waals surface area contributed by atoms with Gasteiger partial charge in [0.2, 0.25) is 0 Å². The molecule has 16 heavy (non-hydrogen) atoms. The lowest BCUT2D eigenvalue weighted by Gasteiger charge is -2.42. The lowest BCUT2D eigenvalue weighted by molar-refractivity contribution is -0.0300. The average molecular weight is 240 g/mol. The highest BCUT2D eigenvalue weighted by atomic mass is 32.1. The van der Waals surface area contributed by atoms with Gasteiger partial charge in [-0.15, -0.1) is 0 Å². The van der Waals surface area contributed by atoms with Gasteiger partial charge in [-0.3, -0.25) is 4.79 Å². The number of nitrogens with one attached hydrogen (secondary N) is 1. The van der Waals surface area contributed by atoms with Gasteiger partial charge in [-0.1, -0.05) is 0 Å². The molecule has 1 heterocycles. The number of carbonyl (C=O) groups excluding carboxylic acids is 1. The fraction of sp³-hybridized carbons (Fsp3) is 0.545. The van der Waals surface area contributed by atoms with Crippen molar-refractivity contribution >= 4 is 17.2 Å². The molecule has 2 rings (SSSR count). The predicted molar refractivity (Wildman–Crippen MR) is 63.6 cm³/mol. The summed E-state index contributed by atoms with van der Waals surface area (Å²) in [7, 11) is 0. The molecule has 0 bridgehead atoms. The van der Waals surface area contributed by atoms with E-state index in [-0.39, 0.29) is 24.1 Å².